The predicted octanol–water partition coefficient (Wildman–Crippen LogP) is 1.85. The summed E-state index contributed by atoms with van der Waals surface area (Å²) in [6, 6.07) is 9.96. The molecule has 1 amide bonds. The van der Waals surface area contributed by atoms with Crippen molar-refractivity contribution in [1.29, 1.82) is 0 Å². The number of nitrogens with zero attached hydrogens (tertiary/aromatic N) is 1. The number of halogens is 1. The number of amides is 1. The average Bonchev–Trinajstić information content (AvgIpc) is 2.38. The number of benzene rings is 2. The lowest BCUT2D eigenvalue weighted by Gasteiger charge is -2.18. The molecule has 0 aromatic heterocycles. The Morgan fingerprint density at radius 3 is 2.48 bits per heavy atom. The van der Waals surface area contributed by atoms with E-state index in [1.807, 2.05) is 0 Å². The van der Waals surface area contributed by atoms with Crippen LogP contribution in [-0.2, 0) is 15.0 Å². The van der Waals surface area contributed by atoms with Gasteiger partial charge in [-0.05, 0) is 30.3 Å². The second-order valence-corrected chi connectivity index (χ2v) is 5.59. The highest BCUT2D eigenvalue weighted by atomic mass is 32.2. The lowest BCUT2D eigenvalue weighted by molar-refractivity contribution is -0.106. The third-order valence-electron chi connectivity index (χ3n) is 2.51. The van der Waals surface area contributed by atoms with Crippen molar-refractivity contribution in [3.05, 3.63) is 54.3 Å². The first-order valence-electron chi connectivity index (χ1n) is 5.74. The first kappa shape index (κ1) is 14.8. The van der Waals surface area contributed by atoms with Crippen molar-refractivity contribution in [3.63, 3.8) is 0 Å². The maximum Gasteiger partial charge on any atom is 0.330 e. The molecule has 0 saturated carbocycles. The molecule has 8 heteroatoms. The van der Waals surface area contributed by atoms with Crippen LogP contribution in [0.25, 0.3) is 0 Å². The fraction of sp³-hybridized carbons (Fsp3) is 0. The van der Waals surface area contributed by atoms with E-state index in [-0.39, 0.29) is 23.5 Å². The van der Waals surface area contributed by atoms with E-state index in [1.54, 1.807) is 0 Å². The molecule has 0 fully saturated rings. The van der Waals surface area contributed by atoms with Gasteiger partial charge in [0.05, 0.1) is 11.4 Å². The molecule has 0 unspecified atom stereocenters. The van der Waals surface area contributed by atoms with Crippen molar-refractivity contribution in [3.8, 4) is 5.75 Å². The van der Waals surface area contributed by atoms with Gasteiger partial charge in [0.15, 0.2) is 0 Å². The number of aromatic hydroxyl groups is 1. The van der Waals surface area contributed by atoms with Crippen molar-refractivity contribution >= 4 is 28.0 Å². The summed E-state index contributed by atoms with van der Waals surface area (Å²) in [5, 5.41) is 9.34. The van der Waals surface area contributed by atoms with Gasteiger partial charge >= 0.3 is 10.2 Å². The van der Waals surface area contributed by atoms with Crippen LogP contribution in [0.1, 0.15) is 0 Å². The molecule has 0 bridgehead atoms. The number of carbonyl (C=O) groups is 1. The number of phenolic OH excluding ortho intramolecular Hbond substituents is 1. The molecule has 0 saturated heterocycles. The van der Waals surface area contributed by atoms with E-state index >= 15 is 0 Å². The maximum atomic E-state index is 13.1. The minimum Gasteiger partial charge on any atom is -0.508 e. The van der Waals surface area contributed by atoms with Crippen molar-refractivity contribution in [2.45, 2.75) is 0 Å². The van der Waals surface area contributed by atoms with Crippen LogP contribution < -0.4 is 9.03 Å². The summed E-state index contributed by atoms with van der Waals surface area (Å²) < 4.78 is 39.8. The molecule has 2 N–H and O–H groups in total. The fourth-order valence-corrected chi connectivity index (χ4v) is 2.66. The van der Waals surface area contributed by atoms with Crippen LogP contribution in [0, 0.1) is 5.82 Å². The SMILES string of the molecule is O=CN(c1cccc(O)c1)S(=O)(=O)Nc1cccc(F)c1. The summed E-state index contributed by atoms with van der Waals surface area (Å²) in [7, 11) is -4.27. The lowest BCUT2D eigenvalue weighted by atomic mass is 10.3. The highest BCUT2D eigenvalue weighted by Gasteiger charge is 2.22. The standard InChI is InChI=1S/C13H11FN2O4S/c14-10-3-1-4-11(7-10)15-21(19,20)16(9-17)12-5-2-6-13(18)8-12/h1-9,15,18H. The van der Waals surface area contributed by atoms with Gasteiger partial charge in [0.2, 0.25) is 6.41 Å². The van der Waals surface area contributed by atoms with Crippen LogP contribution in [0.4, 0.5) is 15.8 Å². The molecule has 2 aromatic carbocycles. The van der Waals surface area contributed by atoms with Gasteiger partial charge in [-0.25, -0.2) is 4.39 Å². The Labute approximate surface area is 120 Å². The zero-order chi connectivity index (χ0) is 15.5. The second-order valence-electron chi connectivity index (χ2n) is 4.04. The smallest absolute Gasteiger partial charge is 0.330 e. The summed E-state index contributed by atoms with van der Waals surface area (Å²) in [6.45, 7) is 0. The van der Waals surface area contributed by atoms with E-state index in [2.05, 4.69) is 4.72 Å². The van der Waals surface area contributed by atoms with Crippen LogP contribution in [0.15, 0.2) is 48.5 Å². The lowest BCUT2D eigenvalue weighted by Crippen LogP contribution is -2.34. The molecule has 0 aliphatic rings. The highest BCUT2D eigenvalue weighted by molar-refractivity contribution is 7.94. The van der Waals surface area contributed by atoms with E-state index < -0.39 is 16.0 Å². The fourth-order valence-electron chi connectivity index (χ4n) is 1.64. The van der Waals surface area contributed by atoms with Crippen LogP contribution in [0.3, 0.4) is 0 Å². The molecule has 0 aliphatic heterocycles. The molecule has 0 aliphatic carbocycles. The average molecular weight is 310 g/mol. The maximum absolute atomic E-state index is 13.1. The topological polar surface area (TPSA) is 86.7 Å². The quantitative estimate of drug-likeness (QED) is 0.825. The summed E-state index contributed by atoms with van der Waals surface area (Å²) in [4.78, 5) is 11.1. The highest BCUT2D eigenvalue weighted by Crippen LogP contribution is 2.22. The van der Waals surface area contributed by atoms with Gasteiger partial charge in [-0.2, -0.15) is 12.7 Å². The van der Waals surface area contributed by atoms with Gasteiger partial charge < -0.3 is 5.11 Å². The molecular formula is C13H11FN2O4S. The number of phenols is 1. The first-order valence-corrected chi connectivity index (χ1v) is 7.18. The van der Waals surface area contributed by atoms with E-state index in [9.17, 15) is 22.7 Å². The van der Waals surface area contributed by atoms with E-state index in [1.165, 1.54) is 30.3 Å². The Morgan fingerprint density at radius 2 is 1.86 bits per heavy atom. The second kappa shape index (κ2) is 5.80. The van der Waals surface area contributed by atoms with Gasteiger partial charge in [0, 0.05) is 6.07 Å². The minimum absolute atomic E-state index is 0.0259. The molecule has 0 radical (unpaired) electrons. The number of carbonyl (C=O) groups excluding carboxylic acids is 1. The van der Waals surface area contributed by atoms with E-state index in [4.69, 9.17) is 0 Å². The number of hydrogen-bond acceptors (Lipinski definition) is 4. The van der Waals surface area contributed by atoms with Crippen LogP contribution in [-0.4, -0.2) is 19.9 Å². The van der Waals surface area contributed by atoms with Crippen molar-refractivity contribution in [1.82, 2.24) is 0 Å². The van der Waals surface area contributed by atoms with Gasteiger partial charge in [-0.15, -0.1) is 0 Å². The Kier molecular flexibility index (Phi) is 4.08. The monoisotopic (exact) mass is 310 g/mol. The third kappa shape index (κ3) is 3.48. The Hall–Kier alpha value is -2.61. The third-order valence-corrected chi connectivity index (χ3v) is 3.82. The summed E-state index contributed by atoms with van der Waals surface area (Å²) in [6.07, 6.45) is 0.0798. The Morgan fingerprint density at radius 1 is 1.14 bits per heavy atom. The van der Waals surface area contributed by atoms with Crippen LogP contribution in [0.2, 0.25) is 0 Å². The van der Waals surface area contributed by atoms with Gasteiger partial charge in [0.1, 0.15) is 11.6 Å². The van der Waals surface area contributed by atoms with E-state index in [0.29, 0.717) is 4.31 Å². The number of anilines is 2. The van der Waals surface area contributed by atoms with Gasteiger partial charge in [-0.1, -0.05) is 12.1 Å². The number of hydrogen-bond donors (Lipinski definition) is 2. The van der Waals surface area contributed by atoms with Gasteiger partial charge in [0.25, 0.3) is 0 Å². The Balaban J connectivity index is 2.34. The minimum atomic E-state index is -4.27. The zero-order valence-corrected chi connectivity index (χ0v) is 11.4. The van der Waals surface area contributed by atoms with Crippen LogP contribution >= 0.6 is 0 Å². The molecule has 6 nitrogen and oxygen atoms in total. The van der Waals surface area contributed by atoms with Crippen LogP contribution in [0.5, 0.6) is 5.75 Å². The first-order chi connectivity index (χ1) is 9.92. The Bertz CT molecular complexity index is 764. The van der Waals surface area contributed by atoms with Crippen molar-refractivity contribution in [2.24, 2.45) is 0 Å². The van der Waals surface area contributed by atoms with Crippen molar-refractivity contribution in [2.75, 3.05) is 9.03 Å². The van der Waals surface area contributed by atoms with Gasteiger partial charge in [-0.3, -0.25) is 9.52 Å². The van der Waals surface area contributed by atoms with Crippen molar-refractivity contribution < 1.29 is 22.7 Å². The largest absolute Gasteiger partial charge is 0.508 e. The molecule has 21 heavy (non-hydrogen) atoms. The number of nitrogens with one attached hydrogen (secondary N) is 1. The molecular weight excluding hydrogens is 299 g/mol. The van der Waals surface area contributed by atoms with E-state index in [0.717, 1.165) is 18.2 Å². The molecule has 2 rings (SSSR count). The molecule has 110 valence electrons. The summed E-state index contributed by atoms with van der Waals surface area (Å²) >= 11 is 0. The normalized spacial score (nSPS) is 10.9. The summed E-state index contributed by atoms with van der Waals surface area (Å²) in [5.41, 5.74) is -0.0732. The number of rotatable bonds is 5. The summed E-state index contributed by atoms with van der Waals surface area (Å²) in [5.74, 6) is -0.814. The zero-order valence-electron chi connectivity index (χ0n) is 10.6. The predicted molar refractivity (Wildman–Crippen MR) is 75.6 cm³/mol. The molecule has 0 spiro atoms. The molecule has 2 aromatic rings. The molecule has 0 heterocycles. The molecule has 0 atom stereocenters.